The van der Waals surface area contributed by atoms with Crippen LogP contribution in [0.3, 0.4) is 0 Å². The summed E-state index contributed by atoms with van der Waals surface area (Å²) in [6.45, 7) is 5.73. The first-order chi connectivity index (χ1) is 6.85. The van der Waals surface area contributed by atoms with Crippen molar-refractivity contribution in [3.05, 3.63) is 0 Å². The van der Waals surface area contributed by atoms with Crippen LogP contribution in [-0.4, -0.2) is 30.6 Å². The topological polar surface area (TPSA) is 81.4 Å². The van der Waals surface area contributed by atoms with Crippen LogP contribution in [0.25, 0.3) is 0 Å². The van der Waals surface area contributed by atoms with Crippen molar-refractivity contribution in [1.29, 1.82) is 0 Å². The van der Waals surface area contributed by atoms with Crippen molar-refractivity contribution in [2.75, 3.05) is 13.1 Å². The fourth-order valence-electron chi connectivity index (χ4n) is 0.899. The number of carbonyl (C=O) groups is 2. The smallest absolute Gasteiger partial charge is 0.325 e. The molecule has 88 valence electrons. The number of carbonyl (C=O) groups excluding carboxylic acids is 2. The van der Waals surface area contributed by atoms with Gasteiger partial charge >= 0.3 is 5.97 Å². The number of nitrogens with one attached hydrogen (secondary N) is 1. The van der Waals surface area contributed by atoms with Gasteiger partial charge in [0.25, 0.3) is 0 Å². The number of nitrogens with two attached hydrogens (primary N) is 1. The standard InChI is InChI=1S/C10H20N2O3/c1-10(2,3)15-9(14)7-12-8(13)5-4-6-11/h4-7,11H2,1-3H3,(H,12,13). The Hall–Kier alpha value is -1.10. The van der Waals surface area contributed by atoms with Gasteiger partial charge in [-0.25, -0.2) is 0 Å². The lowest BCUT2D eigenvalue weighted by Crippen LogP contribution is -2.34. The van der Waals surface area contributed by atoms with Gasteiger partial charge in [0, 0.05) is 6.42 Å². The SMILES string of the molecule is CC(C)(C)OC(=O)CNC(=O)CCCN. The van der Waals surface area contributed by atoms with E-state index in [-0.39, 0.29) is 12.5 Å². The highest BCUT2D eigenvalue weighted by Gasteiger charge is 2.16. The maximum atomic E-state index is 11.2. The molecule has 1 amide bonds. The predicted octanol–water partition coefficient (Wildman–Crippen LogP) is 0.183. The van der Waals surface area contributed by atoms with Gasteiger partial charge in [0.2, 0.25) is 5.91 Å². The lowest BCUT2D eigenvalue weighted by molar-refractivity contribution is -0.154. The fraction of sp³-hybridized carbons (Fsp3) is 0.800. The normalized spacial score (nSPS) is 10.9. The molecular formula is C10H20N2O3. The Morgan fingerprint density at radius 2 is 1.93 bits per heavy atom. The molecule has 5 heteroatoms. The predicted molar refractivity (Wildman–Crippen MR) is 57.1 cm³/mol. The molecule has 0 saturated carbocycles. The molecule has 0 aromatic carbocycles. The van der Waals surface area contributed by atoms with E-state index in [1.165, 1.54) is 0 Å². The third kappa shape index (κ3) is 9.21. The van der Waals surface area contributed by atoms with E-state index in [0.29, 0.717) is 19.4 Å². The molecule has 0 atom stereocenters. The van der Waals surface area contributed by atoms with Gasteiger partial charge in [0.05, 0.1) is 0 Å². The van der Waals surface area contributed by atoms with Crippen LogP contribution in [0.15, 0.2) is 0 Å². The average molecular weight is 216 g/mol. The number of esters is 1. The third-order valence-corrected chi connectivity index (χ3v) is 1.46. The molecule has 5 nitrogen and oxygen atoms in total. The summed E-state index contributed by atoms with van der Waals surface area (Å²) >= 11 is 0. The summed E-state index contributed by atoms with van der Waals surface area (Å²) in [5.74, 6) is -0.602. The van der Waals surface area contributed by atoms with Crippen molar-refractivity contribution in [2.24, 2.45) is 5.73 Å². The molecule has 0 radical (unpaired) electrons. The summed E-state index contributed by atoms with van der Waals surface area (Å²) < 4.78 is 5.01. The van der Waals surface area contributed by atoms with Crippen LogP contribution in [0.4, 0.5) is 0 Å². The first-order valence-corrected chi connectivity index (χ1v) is 5.04. The molecule has 15 heavy (non-hydrogen) atoms. The summed E-state index contributed by atoms with van der Waals surface area (Å²) in [5, 5.41) is 2.47. The van der Waals surface area contributed by atoms with Gasteiger partial charge in [-0.2, -0.15) is 0 Å². The minimum Gasteiger partial charge on any atom is -0.459 e. The summed E-state index contributed by atoms with van der Waals surface area (Å²) in [6.07, 6.45) is 0.972. The van der Waals surface area contributed by atoms with Crippen molar-refractivity contribution in [2.45, 2.75) is 39.2 Å². The highest BCUT2D eigenvalue weighted by molar-refractivity contribution is 5.81. The van der Waals surface area contributed by atoms with Gasteiger partial charge in [0.1, 0.15) is 12.1 Å². The van der Waals surface area contributed by atoms with Gasteiger partial charge in [0.15, 0.2) is 0 Å². The lowest BCUT2D eigenvalue weighted by Gasteiger charge is -2.19. The molecule has 0 aliphatic rings. The highest BCUT2D eigenvalue weighted by Crippen LogP contribution is 2.06. The summed E-state index contributed by atoms with van der Waals surface area (Å²) in [6, 6.07) is 0. The van der Waals surface area contributed by atoms with Crippen LogP contribution < -0.4 is 11.1 Å². The molecule has 0 rings (SSSR count). The second-order valence-electron chi connectivity index (χ2n) is 4.26. The van der Waals surface area contributed by atoms with Crippen LogP contribution >= 0.6 is 0 Å². The van der Waals surface area contributed by atoms with Crippen molar-refractivity contribution >= 4 is 11.9 Å². The number of ether oxygens (including phenoxy) is 1. The molecule has 0 aromatic rings. The van der Waals surface area contributed by atoms with Crippen LogP contribution in [0.1, 0.15) is 33.6 Å². The molecule has 0 bridgehead atoms. The van der Waals surface area contributed by atoms with Gasteiger partial charge in [-0.3, -0.25) is 9.59 Å². The Labute approximate surface area is 90.4 Å². The molecule has 0 aliphatic carbocycles. The Balaban J connectivity index is 3.67. The van der Waals surface area contributed by atoms with Gasteiger partial charge in [-0.15, -0.1) is 0 Å². The molecule has 0 aliphatic heterocycles. The van der Waals surface area contributed by atoms with Crippen molar-refractivity contribution < 1.29 is 14.3 Å². The summed E-state index contributed by atoms with van der Waals surface area (Å²) in [5.41, 5.74) is 4.73. The molecule has 0 saturated heterocycles. The van der Waals surface area contributed by atoms with E-state index in [0.717, 1.165) is 0 Å². The molecular weight excluding hydrogens is 196 g/mol. The minimum absolute atomic E-state index is 0.0827. The Morgan fingerprint density at radius 1 is 1.33 bits per heavy atom. The zero-order chi connectivity index (χ0) is 11.9. The van der Waals surface area contributed by atoms with Crippen LogP contribution in [0.2, 0.25) is 0 Å². The van der Waals surface area contributed by atoms with E-state index in [4.69, 9.17) is 10.5 Å². The fourth-order valence-corrected chi connectivity index (χ4v) is 0.899. The maximum Gasteiger partial charge on any atom is 0.325 e. The molecule has 0 heterocycles. The van der Waals surface area contributed by atoms with Crippen LogP contribution in [0.5, 0.6) is 0 Å². The summed E-state index contributed by atoms with van der Waals surface area (Å²) in [7, 11) is 0. The first kappa shape index (κ1) is 13.9. The Kier molecular flexibility index (Phi) is 5.93. The number of amides is 1. The molecule has 3 N–H and O–H groups in total. The van der Waals surface area contributed by atoms with Crippen molar-refractivity contribution in [3.8, 4) is 0 Å². The van der Waals surface area contributed by atoms with Gasteiger partial charge < -0.3 is 15.8 Å². The van der Waals surface area contributed by atoms with Gasteiger partial charge in [-0.05, 0) is 33.7 Å². The summed E-state index contributed by atoms with van der Waals surface area (Å²) in [4.78, 5) is 22.3. The monoisotopic (exact) mass is 216 g/mol. The number of hydrogen-bond acceptors (Lipinski definition) is 4. The zero-order valence-corrected chi connectivity index (χ0v) is 9.63. The largest absolute Gasteiger partial charge is 0.459 e. The van der Waals surface area contributed by atoms with Crippen molar-refractivity contribution in [1.82, 2.24) is 5.32 Å². The molecule has 0 unspecified atom stereocenters. The van der Waals surface area contributed by atoms with E-state index in [1.54, 1.807) is 20.8 Å². The van der Waals surface area contributed by atoms with Crippen molar-refractivity contribution in [3.63, 3.8) is 0 Å². The van der Waals surface area contributed by atoms with Crippen LogP contribution in [-0.2, 0) is 14.3 Å². The minimum atomic E-state index is -0.515. The molecule has 0 aromatic heterocycles. The van der Waals surface area contributed by atoms with Gasteiger partial charge in [-0.1, -0.05) is 0 Å². The third-order valence-electron chi connectivity index (χ3n) is 1.46. The number of rotatable bonds is 5. The zero-order valence-electron chi connectivity index (χ0n) is 9.63. The van der Waals surface area contributed by atoms with E-state index >= 15 is 0 Å². The molecule has 0 spiro atoms. The quantitative estimate of drug-likeness (QED) is 0.642. The average Bonchev–Trinajstić information content (AvgIpc) is 2.08. The van der Waals surface area contributed by atoms with E-state index in [1.807, 2.05) is 0 Å². The lowest BCUT2D eigenvalue weighted by atomic mass is 10.2. The second-order valence-corrected chi connectivity index (χ2v) is 4.26. The number of hydrogen-bond donors (Lipinski definition) is 2. The van der Waals surface area contributed by atoms with E-state index < -0.39 is 11.6 Å². The Bertz CT molecular complexity index is 221. The van der Waals surface area contributed by atoms with E-state index in [2.05, 4.69) is 5.32 Å². The maximum absolute atomic E-state index is 11.2. The Morgan fingerprint density at radius 3 is 2.40 bits per heavy atom. The second kappa shape index (κ2) is 6.40. The first-order valence-electron chi connectivity index (χ1n) is 5.04. The molecule has 0 fully saturated rings. The highest BCUT2D eigenvalue weighted by atomic mass is 16.6. The van der Waals surface area contributed by atoms with E-state index in [9.17, 15) is 9.59 Å². The van der Waals surface area contributed by atoms with Crippen LogP contribution in [0, 0.1) is 0 Å².